The van der Waals surface area contributed by atoms with Gasteiger partial charge in [-0.15, -0.1) is 0 Å². The van der Waals surface area contributed by atoms with Crippen LogP contribution in [0.15, 0.2) is 18.3 Å². The van der Waals surface area contributed by atoms with Crippen LogP contribution in [-0.2, 0) is 6.54 Å². The summed E-state index contributed by atoms with van der Waals surface area (Å²) >= 11 is 0. The minimum atomic E-state index is 0.288. The molecule has 0 aliphatic carbocycles. The van der Waals surface area contributed by atoms with Gasteiger partial charge in [0.15, 0.2) is 5.69 Å². The Kier molecular flexibility index (Phi) is 2.27. The van der Waals surface area contributed by atoms with E-state index in [0.29, 0.717) is 17.3 Å². The van der Waals surface area contributed by atoms with Gasteiger partial charge in [0.05, 0.1) is 25.4 Å². The van der Waals surface area contributed by atoms with E-state index >= 15 is 0 Å². The van der Waals surface area contributed by atoms with E-state index in [-0.39, 0.29) is 6.54 Å². The van der Waals surface area contributed by atoms with Crippen LogP contribution in [0.4, 0.5) is 0 Å². The summed E-state index contributed by atoms with van der Waals surface area (Å²) in [4.78, 5) is 4.12. The molecule has 2 aromatic rings. The smallest absolute Gasteiger partial charge is 0.166 e. The van der Waals surface area contributed by atoms with E-state index in [1.54, 1.807) is 29.8 Å². The van der Waals surface area contributed by atoms with Gasteiger partial charge in [0.1, 0.15) is 17.6 Å². The molecule has 2 aromatic heterocycles. The Labute approximate surface area is 86.7 Å². The second-order valence-electron chi connectivity index (χ2n) is 3.02. The normalized spacial score (nSPS) is 10.2. The highest BCUT2D eigenvalue weighted by Crippen LogP contribution is 2.17. The van der Waals surface area contributed by atoms with Crippen LogP contribution in [0.25, 0.3) is 5.52 Å². The van der Waals surface area contributed by atoms with Crippen molar-refractivity contribution in [2.24, 2.45) is 5.73 Å². The lowest BCUT2D eigenvalue weighted by molar-refractivity contribution is 0.412. The first-order valence-corrected chi connectivity index (χ1v) is 4.45. The number of imidazole rings is 1. The molecule has 0 spiro atoms. The van der Waals surface area contributed by atoms with Gasteiger partial charge in [-0.2, -0.15) is 5.26 Å². The van der Waals surface area contributed by atoms with Crippen LogP contribution in [0, 0.1) is 11.3 Å². The summed E-state index contributed by atoms with van der Waals surface area (Å²) in [6.07, 6.45) is 1.77. The van der Waals surface area contributed by atoms with Crippen LogP contribution in [0.3, 0.4) is 0 Å². The predicted molar refractivity (Wildman–Crippen MR) is 54.4 cm³/mol. The standard InChI is InChI=1S/C10H10N4O/c1-15-7-2-3-9-8(4-11)13-10(5-12)14(9)6-7/h2-3,6H,5,12H2,1H3. The van der Waals surface area contributed by atoms with Gasteiger partial charge in [0.25, 0.3) is 0 Å². The number of nitrogens with zero attached hydrogens (tertiary/aromatic N) is 3. The molecule has 5 heteroatoms. The van der Waals surface area contributed by atoms with Crippen molar-refractivity contribution in [1.29, 1.82) is 5.26 Å². The zero-order chi connectivity index (χ0) is 10.8. The average molecular weight is 202 g/mol. The van der Waals surface area contributed by atoms with Gasteiger partial charge < -0.3 is 10.5 Å². The maximum atomic E-state index is 8.87. The number of nitrogens with two attached hydrogens (primary N) is 1. The van der Waals surface area contributed by atoms with Crippen molar-refractivity contribution in [3.8, 4) is 11.8 Å². The monoisotopic (exact) mass is 202 g/mol. The molecule has 0 radical (unpaired) electrons. The highest BCUT2D eigenvalue weighted by atomic mass is 16.5. The number of pyridine rings is 1. The maximum absolute atomic E-state index is 8.87. The Morgan fingerprint density at radius 1 is 1.60 bits per heavy atom. The van der Waals surface area contributed by atoms with E-state index in [9.17, 15) is 0 Å². The SMILES string of the molecule is COc1ccc2c(C#N)nc(CN)n2c1. The minimum absolute atomic E-state index is 0.288. The molecule has 0 amide bonds. The molecule has 15 heavy (non-hydrogen) atoms. The number of hydrogen-bond donors (Lipinski definition) is 1. The third-order valence-corrected chi connectivity index (χ3v) is 2.21. The zero-order valence-corrected chi connectivity index (χ0v) is 8.27. The van der Waals surface area contributed by atoms with Crippen molar-refractivity contribution in [2.45, 2.75) is 6.54 Å². The van der Waals surface area contributed by atoms with E-state index in [1.165, 1.54) is 0 Å². The minimum Gasteiger partial charge on any atom is -0.495 e. The Bertz CT molecular complexity index is 538. The molecule has 76 valence electrons. The summed E-state index contributed by atoms with van der Waals surface area (Å²) in [5, 5.41) is 8.87. The fraction of sp³-hybridized carbons (Fsp3) is 0.200. The van der Waals surface area contributed by atoms with E-state index in [2.05, 4.69) is 4.98 Å². The Hall–Kier alpha value is -2.06. The van der Waals surface area contributed by atoms with Gasteiger partial charge in [-0.3, -0.25) is 4.40 Å². The zero-order valence-electron chi connectivity index (χ0n) is 8.27. The van der Waals surface area contributed by atoms with Crippen molar-refractivity contribution >= 4 is 5.52 Å². The van der Waals surface area contributed by atoms with E-state index in [0.717, 1.165) is 5.52 Å². The maximum Gasteiger partial charge on any atom is 0.166 e. The lowest BCUT2D eigenvalue weighted by atomic mass is 10.3. The molecule has 2 rings (SSSR count). The second kappa shape index (κ2) is 3.59. The molecule has 2 heterocycles. The molecule has 0 bridgehead atoms. The summed E-state index contributed by atoms with van der Waals surface area (Å²) in [6, 6.07) is 5.62. The summed E-state index contributed by atoms with van der Waals surface area (Å²) in [5.41, 5.74) is 6.68. The Morgan fingerprint density at radius 2 is 2.40 bits per heavy atom. The van der Waals surface area contributed by atoms with Gasteiger partial charge in [0.2, 0.25) is 0 Å². The van der Waals surface area contributed by atoms with Gasteiger partial charge in [-0.1, -0.05) is 0 Å². The van der Waals surface area contributed by atoms with Gasteiger partial charge in [-0.05, 0) is 12.1 Å². The summed E-state index contributed by atoms with van der Waals surface area (Å²) < 4.78 is 6.87. The Morgan fingerprint density at radius 3 is 3.00 bits per heavy atom. The van der Waals surface area contributed by atoms with Crippen LogP contribution in [0.1, 0.15) is 11.5 Å². The highest BCUT2D eigenvalue weighted by molar-refractivity contribution is 5.59. The van der Waals surface area contributed by atoms with Gasteiger partial charge in [-0.25, -0.2) is 4.98 Å². The number of aromatic nitrogens is 2. The van der Waals surface area contributed by atoms with Crippen LogP contribution >= 0.6 is 0 Å². The summed E-state index contributed by atoms with van der Waals surface area (Å²) in [5.74, 6) is 1.36. The molecule has 0 aliphatic heterocycles. The largest absolute Gasteiger partial charge is 0.495 e. The number of methoxy groups -OCH3 is 1. The van der Waals surface area contributed by atoms with E-state index < -0.39 is 0 Å². The number of nitriles is 1. The van der Waals surface area contributed by atoms with Crippen molar-refractivity contribution in [1.82, 2.24) is 9.38 Å². The fourth-order valence-electron chi connectivity index (χ4n) is 1.47. The van der Waals surface area contributed by atoms with E-state index in [1.807, 2.05) is 6.07 Å². The average Bonchev–Trinajstić information content (AvgIpc) is 2.65. The van der Waals surface area contributed by atoms with Gasteiger partial charge in [0, 0.05) is 0 Å². The van der Waals surface area contributed by atoms with Crippen LogP contribution < -0.4 is 10.5 Å². The fourth-order valence-corrected chi connectivity index (χ4v) is 1.47. The first-order chi connectivity index (χ1) is 7.30. The molecule has 0 saturated carbocycles. The molecule has 5 nitrogen and oxygen atoms in total. The van der Waals surface area contributed by atoms with Crippen LogP contribution in [-0.4, -0.2) is 16.5 Å². The molecule has 2 N–H and O–H groups in total. The van der Waals surface area contributed by atoms with Crippen molar-refractivity contribution < 1.29 is 4.74 Å². The van der Waals surface area contributed by atoms with E-state index in [4.69, 9.17) is 15.7 Å². The molecule has 0 aliphatic rings. The predicted octanol–water partition coefficient (Wildman–Crippen LogP) is 0.673. The lowest BCUT2D eigenvalue weighted by Crippen LogP contribution is -2.02. The quantitative estimate of drug-likeness (QED) is 0.776. The molecular weight excluding hydrogens is 192 g/mol. The number of ether oxygens (including phenoxy) is 1. The van der Waals surface area contributed by atoms with Crippen LogP contribution in [0.5, 0.6) is 5.75 Å². The molecule has 0 fully saturated rings. The second-order valence-corrected chi connectivity index (χ2v) is 3.02. The van der Waals surface area contributed by atoms with Crippen molar-refractivity contribution in [3.63, 3.8) is 0 Å². The summed E-state index contributed by atoms with van der Waals surface area (Å²) in [6.45, 7) is 0.288. The Balaban J connectivity index is 2.75. The number of rotatable bonds is 2. The first kappa shape index (κ1) is 9.49. The third kappa shape index (κ3) is 1.41. The number of hydrogen-bond acceptors (Lipinski definition) is 4. The molecule has 0 atom stereocenters. The molecule has 0 unspecified atom stereocenters. The highest BCUT2D eigenvalue weighted by Gasteiger charge is 2.09. The molecule has 0 aromatic carbocycles. The van der Waals surface area contributed by atoms with Crippen molar-refractivity contribution in [3.05, 3.63) is 29.8 Å². The van der Waals surface area contributed by atoms with Gasteiger partial charge >= 0.3 is 0 Å². The topological polar surface area (TPSA) is 76.3 Å². The molecule has 0 saturated heterocycles. The molecular formula is C10H10N4O. The van der Waals surface area contributed by atoms with Crippen LogP contribution in [0.2, 0.25) is 0 Å². The lowest BCUT2D eigenvalue weighted by Gasteiger charge is -2.02. The number of fused-ring (bicyclic) bond motifs is 1. The first-order valence-electron chi connectivity index (χ1n) is 4.45. The summed E-state index contributed by atoms with van der Waals surface area (Å²) in [7, 11) is 1.59. The van der Waals surface area contributed by atoms with Crippen molar-refractivity contribution in [2.75, 3.05) is 7.11 Å². The third-order valence-electron chi connectivity index (χ3n) is 2.21.